The molecule has 0 amide bonds. The van der Waals surface area contributed by atoms with Gasteiger partial charge in [0.05, 0.1) is 18.4 Å². The van der Waals surface area contributed by atoms with E-state index in [1.807, 2.05) is 59.2 Å². The average Bonchev–Trinajstić information content (AvgIpc) is 3.01. The number of hydrogen-bond donors (Lipinski definition) is 1. The first kappa shape index (κ1) is 13.9. The third-order valence-corrected chi connectivity index (χ3v) is 3.51. The molecule has 3 rings (SSSR count). The number of aromatic nitrogens is 1. The Morgan fingerprint density at radius 3 is 2.27 bits per heavy atom. The van der Waals surface area contributed by atoms with Gasteiger partial charge in [0.25, 0.3) is 0 Å². The fourth-order valence-electron chi connectivity index (χ4n) is 2.45. The molecule has 110 valence electrons. The van der Waals surface area contributed by atoms with Gasteiger partial charge in [-0.25, -0.2) is 4.79 Å². The number of rotatable bonds is 4. The highest BCUT2D eigenvalue weighted by Crippen LogP contribution is 2.28. The number of benzene rings is 2. The van der Waals surface area contributed by atoms with Gasteiger partial charge in [-0.3, -0.25) is 0 Å². The molecule has 0 aliphatic heterocycles. The van der Waals surface area contributed by atoms with Crippen LogP contribution in [0.15, 0.2) is 66.9 Å². The summed E-state index contributed by atoms with van der Waals surface area (Å²) in [6.45, 7) is 0. The monoisotopic (exact) mass is 293 g/mol. The molecule has 0 saturated heterocycles. The second-order valence-electron chi connectivity index (χ2n) is 4.82. The molecular weight excluding hydrogens is 278 g/mol. The van der Waals surface area contributed by atoms with Crippen LogP contribution in [-0.4, -0.2) is 22.8 Å². The van der Waals surface area contributed by atoms with Crippen molar-refractivity contribution in [2.45, 2.75) is 0 Å². The van der Waals surface area contributed by atoms with E-state index in [4.69, 9.17) is 4.74 Å². The lowest BCUT2D eigenvalue weighted by atomic mass is 10.1. The SMILES string of the molecule is COc1ccc(-n2ccc(C(=O)O)c2-c2ccccc2)cc1. The summed E-state index contributed by atoms with van der Waals surface area (Å²) < 4.78 is 7.03. The molecule has 1 N–H and O–H groups in total. The first-order valence-electron chi connectivity index (χ1n) is 6.85. The minimum atomic E-state index is -0.939. The molecular formula is C18H15NO3. The number of ether oxygens (including phenoxy) is 1. The van der Waals surface area contributed by atoms with Gasteiger partial charge in [-0.2, -0.15) is 0 Å². The van der Waals surface area contributed by atoms with Crippen molar-refractivity contribution in [3.63, 3.8) is 0 Å². The zero-order valence-corrected chi connectivity index (χ0v) is 12.1. The van der Waals surface area contributed by atoms with Crippen molar-refractivity contribution in [2.75, 3.05) is 7.11 Å². The van der Waals surface area contributed by atoms with Gasteiger partial charge in [0.15, 0.2) is 0 Å². The van der Waals surface area contributed by atoms with Gasteiger partial charge < -0.3 is 14.4 Å². The van der Waals surface area contributed by atoms with E-state index in [-0.39, 0.29) is 5.56 Å². The van der Waals surface area contributed by atoms with Gasteiger partial charge in [-0.1, -0.05) is 30.3 Å². The van der Waals surface area contributed by atoms with Crippen LogP contribution in [0.25, 0.3) is 16.9 Å². The van der Waals surface area contributed by atoms with Crippen LogP contribution in [-0.2, 0) is 0 Å². The van der Waals surface area contributed by atoms with Crippen LogP contribution in [0.2, 0.25) is 0 Å². The summed E-state index contributed by atoms with van der Waals surface area (Å²) in [5.41, 5.74) is 2.69. The quantitative estimate of drug-likeness (QED) is 0.795. The molecule has 4 heteroatoms. The molecule has 0 spiro atoms. The first-order chi connectivity index (χ1) is 10.7. The molecule has 0 aliphatic rings. The molecule has 0 fully saturated rings. The van der Waals surface area contributed by atoms with Crippen molar-refractivity contribution in [2.24, 2.45) is 0 Å². The van der Waals surface area contributed by atoms with E-state index in [0.29, 0.717) is 5.69 Å². The molecule has 1 aromatic heterocycles. The van der Waals surface area contributed by atoms with E-state index in [0.717, 1.165) is 17.0 Å². The Morgan fingerprint density at radius 1 is 1.00 bits per heavy atom. The molecule has 22 heavy (non-hydrogen) atoms. The predicted octanol–water partition coefficient (Wildman–Crippen LogP) is 3.85. The largest absolute Gasteiger partial charge is 0.497 e. The van der Waals surface area contributed by atoms with Crippen LogP contribution in [0.1, 0.15) is 10.4 Å². The second kappa shape index (κ2) is 5.77. The number of hydrogen-bond acceptors (Lipinski definition) is 2. The van der Waals surface area contributed by atoms with Crippen molar-refractivity contribution >= 4 is 5.97 Å². The van der Waals surface area contributed by atoms with Crippen molar-refractivity contribution < 1.29 is 14.6 Å². The zero-order valence-electron chi connectivity index (χ0n) is 12.1. The van der Waals surface area contributed by atoms with Crippen molar-refractivity contribution in [1.29, 1.82) is 0 Å². The van der Waals surface area contributed by atoms with E-state index in [1.54, 1.807) is 19.4 Å². The molecule has 1 heterocycles. The number of aromatic carboxylic acids is 1. The Bertz CT molecular complexity index is 789. The summed E-state index contributed by atoms with van der Waals surface area (Å²) in [5.74, 6) is -0.179. The number of carboxylic acids is 1. The van der Waals surface area contributed by atoms with Crippen LogP contribution in [0.5, 0.6) is 5.75 Å². The highest BCUT2D eigenvalue weighted by atomic mass is 16.5. The molecule has 0 unspecified atom stereocenters. The van der Waals surface area contributed by atoms with E-state index in [1.165, 1.54) is 0 Å². The Morgan fingerprint density at radius 2 is 1.68 bits per heavy atom. The molecule has 3 aromatic rings. The second-order valence-corrected chi connectivity index (χ2v) is 4.82. The maximum absolute atomic E-state index is 11.5. The normalized spacial score (nSPS) is 10.4. The zero-order chi connectivity index (χ0) is 15.5. The summed E-state index contributed by atoms with van der Waals surface area (Å²) in [4.78, 5) is 11.5. The summed E-state index contributed by atoms with van der Waals surface area (Å²) in [6.07, 6.45) is 1.77. The van der Waals surface area contributed by atoms with Crippen molar-refractivity contribution in [1.82, 2.24) is 4.57 Å². The topological polar surface area (TPSA) is 51.5 Å². The third kappa shape index (κ3) is 2.46. The molecule has 0 atom stereocenters. The highest BCUT2D eigenvalue weighted by Gasteiger charge is 2.17. The van der Waals surface area contributed by atoms with Gasteiger partial charge in [-0.15, -0.1) is 0 Å². The van der Waals surface area contributed by atoms with Crippen LogP contribution >= 0.6 is 0 Å². The average molecular weight is 293 g/mol. The standard InChI is InChI=1S/C18H15NO3/c1-22-15-9-7-14(8-10-15)19-12-11-16(18(20)21)17(19)13-5-3-2-4-6-13/h2-12H,1H3,(H,20,21). The summed E-state index contributed by atoms with van der Waals surface area (Å²) in [5, 5.41) is 9.44. The van der Waals surface area contributed by atoms with Gasteiger partial charge >= 0.3 is 5.97 Å². The minimum absolute atomic E-state index is 0.280. The third-order valence-electron chi connectivity index (χ3n) is 3.51. The summed E-state index contributed by atoms with van der Waals surface area (Å²) in [7, 11) is 1.61. The number of carbonyl (C=O) groups is 1. The highest BCUT2D eigenvalue weighted by molar-refractivity contribution is 5.95. The Labute approximate surface area is 128 Å². The Hall–Kier alpha value is -3.01. The van der Waals surface area contributed by atoms with Crippen LogP contribution < -0.4 is 4.74 Å². The Balaban J connectivity index is 2.17. The molecule has 0 bridgehead atoms. The molecule has 2 aromatic carbocycles. The van der Waals surface area contributed by atoms with Crippen LogP contribution in [0.4, 0.5) is 0 Å². The molecule has 0 radical (unpaired) electrons. The lowest BCUT2D eigenvalue weighted by Gasteiger charge is -2.11. The fraction of sp³-hybridized carbons (Fsp3) is 0.0556. The van der Waals surface area contributed by atoms with Gasteiger partial charge in [0.2, 0.25) is 0 Å². The molecule has 0 saturated carbocycles. The first-order valence-corrected chi connectivity index (χ1v) is 6.85. The van der Waals surface area contributed by atoms with E-state index >= 15 is 0 Å². The summed E-state index contributed by atoms with van der Waals surface area (Å²) >= 11 is 0. The summed E-state index contributed by atoms with van der Waals surface area (Å²) in [6, 6.07) is 18.6. The predicted molar refractivity (Wildman–Crippen MR) is 84.7 cm³/mol. The van der Waals surface area contributed by atoms with Crippen LogP contribution in [0, 0.1) is 0 Å². The van der Waals surface area contributed by atoms with E-state index in [9.17, 15) is 9.90 Å². The Kier molecular flexibility index (Phi) is 3.66. The number of methoxy groups -OCH3 is 1. The van der Waals surface area contributed by atoms with Gasteiger partial charge in [-0.05, 0) is 35.9 Å². The van der Waals surface area contributed by atoms with Gasteiger partial charge in [0, 0.05) is 11.9 Å². The number of carboxylic acid groups (broad SMARTS) is 1. The van der Waals surface area contributed by atoms with Crippen molar-refractivity contribution in [3.8, 4) is 22.7 Å². The van der Waals surface area contributed by atoms with Crippen molar-refractivity contribution in [3.05, 3.63) is 72.4 Å². The minimum Gasteiger partial charge on any atom is -0.497 e. The van der Waals surface area contributed by atoms with Gasteiger partial charge in [0.1, 0.15) is 5.75 Å². The maximum atomic E-state index is 11.5. The smallest absolute Gasteiger partial charge is 0.337 e. The lowest BCUT2D eigenvalue weighted by molar-refractivity contribution is 0.0698. The van der Waals surface area contributed by atoms with E-state index in [2.05, 4.69) is 0 Å². The maximum Gasteiger partial charge on any atom is 0.337 e. The molecule has 0 aliphatic carbocycles. The van der Waals surface area contributed by atoms with Crippen LogP contribution in [0.3, 0.4) is 0 Å². The number of nitrogens with zero attached hydrogens (tertiary/aromatic N) is 1. The fourth-order valence-corrected chi connectivity index (χ4v) is 2.45. The lowest BCUT2D eigenvalue weighted by Crippen LogP contribution is -2.01. The van der Waals surface area contributed by atoms with E-state index < -0.39 is 5.97 Å². The molecule has 4 nitrogen and oxygen atoms in total.